The van der Waals surface area contributed by atoms with Crippen LogP contribution in [0, 0.1) is 0 Å². The lowest BCUT2D eigenvalue weighted by Crippen LogP contribution is -2.31. The second-order valence-corrected chi connectivity index (χ2v) is 8.59. The molecule has 0 atom stereocenters. The fourth-order valence-electron chi connectivity index (χ4n) is 3.58. The summed E-state index contributed by atoms with van der Waals surface area (Å²) in [7, 11) is 0. The molecule has 1 aromatic carbocycles. The fraction of sp³-hybridized carbons (Fsp3) is 0.318. The van der Waals surface area contributed by atoms with Crippen LogP contribution in [0.15, 0.2) is 56.9 Å². The van der Waals surface area contributed by atoms with Crippen LogP contribution in [0.2, 0.25) is 5.02 Å². The number of furan rings is 1. The molecule has 0 spiro atoms. The van der Waals surface area contributed by atoms with Crippen molar-refractivity contribution in [3.05, 3.63) is 80.7 Å². The van der Waals surface area contributed by atoms with Crippen molar-refractivity contribution in [3.63, 3.8) is 0 Å². The quantitative estimate of drug-likeness (QED) is 0.443. The van der Waals surface area contributed by atoms with Gasteiger partial charge in [0.2, 0.25) is 5.91 Å². The number of fused-ring (bicyclic) bond motifs is 1. The van der Waals surface area contributed by atoms with Gasteiger partial charge < -0.3 is 9.73 Å². The Morgan fingerprint density at radius 1 is 1.20 bits per heavy atom. The van der Waals surface area contributed by atoms with Gasteiger partial charge in [0.05, 0.1) is 18.6 Å². The molecule has 4 rings (SSSR count). The highest BCUT2D eigenvalue weighted by Crippen LogP contribution is 2.28. The lowest BCUT2D eigenvalue weighted by Gasteiger charge is -2.22. The predicted molar refractivity (Wildman–Crippen MR) is 117 cm³/mol. The van der Waals surface area contributed by atoms with Crippen molar-refractivity contribution in [2.24, 2.45) is 0 Å². The number of aromatic nitrogens is 2. The van der Waals surface area contributed by atoms with Crippen molar-refractivity contribution in [1.29, 1.82) is 0 Å². The first-order valence-electron chi connectivity index (χ1n) is 9.89. The molecule has 0 unspecified atom stereocenters. The molecule has 0 saturated carbocycles. The van der Waals surface area contributed by atoms with Crippen LogP contribution in [0.5, 0.6) is 0 Å². The highest BCUT2D eigenvalue weighted by atomic mass is 35.5. The van der Waals surface area contributed by atoms with Gasteiger partial charge in [-0.25, -0.2) is 4.79 Å². The summed E-state index contributed by atoms with van der Waals surface area (Å²) >= 11 is 7.21. The molecule has 0 fully saturated rings. The zero-order chi connectivity index (χ0) is 20.9. The highest BCUT2D eigenvalue weighted by Gasteiger charge is 2.21. The molecule has 30 heavy (non-hydrogen) atoms. The van der Waals surface area contributed by atoms with Crippen LogP contribution in [0.3, 0.4) is 0 Å². The van der Waals surface area contributed by atoms with Crippen molar-refractivity contribution in [1.82, 2.24) is 14.9 Å². The van der Waals surface area contributed by atoms with E-state index in [0.29, 0.717) is 23.1 Å². The van der Waals surface area contributed by atoms with Gasteiger partial charge in [0, 0.05) is 22.8 Å². The Morgan fingerprint density at radius 3 is 2.77 bits per heavy atom. The van der Waals surface area contributed by atoms with Gasteiger partial charge in [0.15, 0.2) is 0 Å². The van der Waals surface area contributed by atoms with Crippen LogP contribution in [0.1, 0.15) is 35.4 Å². The normalized spacial score (nSPS) is 13.1. The van der Waals surface area contributed by atoms with Crippen molar-refractivity contribution < 1.29 is 9.21 Å². The van der Waals surface area contributed by atoms with E-state index in [2.05, 4.69) is 10.3 Å². The zero-order valence-corrected chi connectivity index (χ0v) is 18.0. The van der Waals surface area contributed by atoms with Crippen LogP contribution in [0.25, 0.3) is 0 Å². The zero-order valence-electron chi connectivity index (χ0n) is 16.4. The summed E-state index contributed by atoms with van der Waals surface area (Å²) in [6.45, 7) is 0.820. The third-order valence-electron chi connectivity index (χ3n) is 5.09. The Labute approximate surface area is 183 Å². The van der Waals surface area contributed by atoms with E-state index in [1.165, 1.54) is 11.8 Å². The molecule has 0 bridgehead atoms. The van der Waals surface area contributed by atoms with E-state index < -0.39 is 0 Å². The smallest absolute Gasteiger partial charge is 0.349 e. The van der Waals surface area contributed by atoms with Crippen LogP contribution in [-0.2, 0) is 30.7 Å². The molecule has 156 valence electrons. The van der Waals surface area contributed by atoms with Crippen LogP contribution in [-0.4, -0.2) is 21.2 Å². The number of nitrogens with zero attached hydrogens (tertiary/aromatic N) is 2. The van der Waals surface area contributed by atoms with E-state index in [-0.39, 0.29) is 17.3 Å². The maximum Gasteiger partial charge on any atom is 0.349 e. The molecule has 0 radical (unpaired) electrons. The molecule has 6 nitrogen and oxygen atoms in total. The maximum absolute atomic E-state index is 12.7. The van der Waals surface area contributed by atoms with Gasteiger partial charge >= 0.3 is 5.69 Å². The van der Waals surface area contributed by atoms with Crippen molar-refractivity contribution in [2.45, 2.75) is 43.8 Å². The van der Waals surface area contributed by atoms with Gasteiger partial charge in [-0.15, -0.1) is 0 Å². The molecule has 1 aliphatic carbocycles. The summed E-state index contributed by atoms with van der Waals surface area (Å²) in [6.07, 6.45) is 5.41. The monoisotopic (exact) mass is 443 g/mol. The Morgan fingerprint density at radius 2 is 2.00 bits per heavy atom. The molecule has 2 aromatic heterocycles. The Balaban J connectivity index is 1.44. The van der Waals surface area contributed by atoms with Gasteiger partial charge in [0.1, 0.15) is 10.8 Å². The summed E-state index contributed by atoms with van der Waals surface area (Å²) < 4.78 is 7.12. The number of thioether (sulfide) groups is 1. The molecule has 2 heterocycles. The van der Waals surface area contributed by atoms with E-state index in [1.54, 1.807) is 23.0 Å². The van der Waals surface area contributed by atoms with Crippen LogP contribution in [0.4, 0.5) is 0 Å². The number of rotatable bonds is 7. The first-order chi connectivity index (χ1) is 14.6. The number of hydrogen-bond acceptors (Lipinski definition) is 5. The largest absolute Gasteiger partial charge is 0.467 e. The number of nitrogens with one attached hydrogen (secondary N) is 1. The molecular formula is C22H22ClN3O3S. The molecule has 0 aliphatic heterocycles. The average Bonchev–Trinajstić information content (AvgIpc) is 3.27. The van der Waals surface area contributed by atoms with E-state index >= 15 is 0 Å². The summed E-state index contributed by atoms with van der Waals surface area (Å²) in [6, 6.07) is 11.0. The third-order valence-corrected chi connectivity index (χ3v) is 6.36. The summed E-state index contributed by atoms with van der Waals surface area (Å²) in [5.41, 5.74) is 2.79. The van der Waals surface area contributed by atoms with E-state index in [9.17, 15) is 9.59 Å². The number of carbonyl (C=O) groups is 1. The minimum atomic E-state index is -0.295. The van der Waals surface area contributed by atoms with Gasteiger partial charge in [-0.2, -0.15) is 4.98 Å². The molecule has 8 heteroatoms. The second kappa shape index (κ2) is 9.53. The summed E-state index contributed by atoms with van der Waals surface area (Å²) in [4.78, 5) is 29.3. The lowest BCUT2D eigenvalue weighted by molar-refractivity contribution is -0.118. The van der Waals surface area contributed by atoms with Crippen molar-refractivity contribution in [3.8, 4) is 0 Å². The van der Waals surface area contributed by atoms with Crippen molar-refractivity contribution in [2.75, 3.05) is 5.75 Å². The Hall–Kier alpha value is -2.51. The minimum absolute atomic E-state index is 0.0962. The molecular weight excluding hydrogens is 422 g/mol. The summed E-state index contributed by atoms with van der Waals surface area (Å²) in [5.74, 6) is 0.851. The number of carbonyl (C=O) groups excluding carboxylic acids is 1. The standard InChI is InChI=1S/C22H22ClN3O3S/c23-16-9-7-15(8-10-16)12-24-20(27)14-30-21-18-5-1-2-6-19(18)26(22(28)25-21)13-17-4-3-11-29-17/h3-4,7-11H,1-2,5-6,12-14H2,(H,24,27). The average molecular weight is 444 g/mol. The maximum atomic E-state index is 12.7. The Bertz CT molecular complexity index is 1080. The molecule has 1 aliphatic rings. The second-order valence-electron chi connectivity index (χ2n) is 7.19. The minimum Gasteiger partial charge on any atom is -0.467 e. The molecule has 1 amide bonds. The van der Waals surface area contributed by atoms with E-state index in [0.717, 1.165) is 48.3 Å². The molecule has 3 aromatic rings. The SMILES string of the molecule is O=C(CSc1nc(=O)n(Cc2ccco2)c2c1CCCC2)NCc1ccc(Cl)cc1. The van der Waals surface area contributed by atoms with Gasteiger partial charge in [-0.3, -0.25) is 9.36 Å². The number of benzene rings is 1. The fourth-order valence-corrected chi connectivity index (χ4v) is 4.61. The lowest BCUT2D eigenvalue weighted by atomic mass is 9.97. The first-order valence-corrected chi connectivity index (χ1v) is 11.3. The Kier molecular flexibility index (Phi) is 6.59. The van der Waals surface area contributed by atoms with E-state index in [1.807, 2.05) is 24.3 Å². The van der Waals surface area contributed by atoms with E-state index in [4.69, 9.17) is 16.0 Å². The van der Waals surface area contributed by atoms with Crippen LogP contribution >= 0.6 is 23.4 Å². The molecule has 1 N–H and O–H groups in total. The number of halogens is 1. The van der Waals surface area contributed by atoms with Gasteiger partial charge in [-0.05, 0) is 55.5 Å². The highest BCUT2D eigenvalue weighted by molar-refractivity contribution is 7.99. The topological polar surface area (TPSA) is 77.1 Å². The molecule has 0 saturated heterocycles. The number of amides is 1. The van der Waals surface area contributed by atoms with Gasteiger partial charge in [0.25, 0.3) is 0 Å². The summed E-state index contributed by atoms with van der Waals surface area (Å²) in [5, 5.41) is 4.24. The number of hydrogen-bond donors (Lipinski definition) is 1. The first kappa shape index (κ1) is 20.8. The predicted octanol–water partition coefficient (Wildman–Crippen LogP) is 3.83. The van der Waals surface area contributed by atoms with Crippen LogP contribution < -0.4 is 11.0 Å². The van der Waals surface area contributed by atoms with Gasteiger partial charge in [-0.1, -0.05) is 35.5 Å². The van der Waals surface area contributed by atoms with Crippen molar-refractivity contribution >= 4 is 29.3 Å². The third kappa shape index (κ3) is 4.96.